The number of aryl methyl sites for hydroxylation is 2. The minimum Gasteiger partial charge on any atom is -0.507 e. The number of amides is 1. The summed E-state index contributed by atoms with van der Waals surface area (Å²) < 4.78 is 19.3. The number of phenolic OH excluding ortho intramolecular Hbond substituents is 1. The van der Waals surface area contributed by atoms with Gasteiger partial charge in [-0.15, -0.1) is 0 Å². The lowest BCUT2D eigenvalue weighted by Gasteiger charge is -2.26. The molecule has 1 saturated heterocycles. The molecule has 1 atom stereocenters. The Morgan fingerprint density at radius 2 is 1.80 bits per heavy atom. The molecule has 0 spiro atoms. The average molecular weight is 496 g/mol. The van der Waals surface area contributed by atoms with E-state index in [2.05, 4.69) is 0 Å². The number of benzene rings is 3. The van der Waals surface area contributed by atoms with Crippen molar-refractivity contribution in [1.82, 2.24) is 0 Å². The van der Waals surface area contributed by atoms with Crippen LogP contribution in [0.3, 0.4) is 0 Å². The van der Waals surface area contributed by atoms with Crippen molar-refractivity contribution in [2.24, 2.45) is 0 Å². The molecule has 2 N–H and O–H groups in total. The summed E-state index contributed by atoms with van der Waals surface area (Å²) >= 11 is 6.31. The van der Waals surface area contributed by atoms with Crippen molar-refractivity contribution in [1.29, 1.82) is 0 Å². The van der Waals surface area contributed by atoms with Crippen LogP contribution in [-0.4, -0.2) is 28.5 Å². The average Bonchev–Trinajstić information content (AvgIpc) is 3.09. The lowest BCUT2D eigenvalue weighted by Crippen LogP contribution is -2.29. The Balaban J connectivity index is 1.98. The highest BCUT2D eigenvalue weighted by Gasteiger charge is 2.47. The van der Waals surface area contributed by atoms with Gasteiger partial charge in [-0.2, -0.15) is 0 Å². The standard InChI is InChI=1S/C27H23ClFNO5/c1-4-35-22-12-16(7-10-21(22)31)24-23(25(32)17-6-9-20(29)15(3)11-17)26(33)27(34)30(24)18-8-5-14(2)19(28)13-18/h5-13,24,31-32H,4H2,1-3H3/b25-23+. The van der Waals surface area contributed by atoms with E-state index >= 15 is 0 Å². The second kappa shape index (κ2) is 9.43. The molecule has 0 saturated carbocycles. The van der Waals surface area contributed by atoms with E-state index < -0.39 is 29.3 Å². The Morgan fingerprint density at radius 3 is 2.46 bits per heavy atom. The molecule has 8 heteroatoms. The predicted octanol–water partition coefficient (Wildman–Crippen LogP) is 5.83. The number of halogens is 2. The molecule has 35 heavy (non-hydrogen) atoms. The van der Waals surface area contributed by atoms with E-state index in [-0.39, 0.29) is 34.8 Å². The number of ketones is 1. The van der Waals surface area contributed by atoms with Crippen LogP contribution in [0.5, 0.6) is 11.5 Å². The van der Waals surface area contributed by atoms with E-state index in [1.54, 1.807) is 31.2 Å². The molecular formula is C27H23ClFNO5. The maximum absolute atomic E-state index is 13.9. The molecule has 1 aliphatic rings. The van der Waals surface area contributed by atoms with Crippen LogP contribution in [0.2, 0.25) is 5.02 Å². The van der Waals surface area contributed by atoms with Gasteiger partial charge in [-0.25, -0.2) is 4.39 Å². The number of anilines is 1. The van der Waals surface area contributed by atoms with Crippen LogP contribution in [0.25, 0.3) is 5.76 Å². The Kier molecular flexibility index (Phi) is 6.54. The lowest BCUT2D eigenvalue weighted by atomic mass is 9.94. The van der Waals surface area contributed by atoms with Crippen molar-refractivity contribution in [3.05, 3.63) is 93.3 Å². The first-order chi connectivity index (χ1) is 16.6. The van der Waals surface area contributed by atoms with Crippen LogP contribution in [0.15, 0.2) is 60.2 Å². The zero-order chi connectivity index (χ0) is 25.4. The van der Waals surface area contributed by atoms with E-state index in [1.165, 1.54) is 42.2 Å². The van der Waals surface area contributed by atoms with E-state index in [9.17, 15) is 24.2 Å². The first-order valence-electron chi connectivity index (χ1n) is 10.9. The van der Waals surface area contributed by atoms with Crippen LogP contribution < -0.4 is 9.64 Å². The van der Waals surface area contributed by atoms with Crippen LogP contribution in [-0.2, 0) is 9.59 Å². The van der Waals surface area contributed by atoms with Gasteiger partial charge in [0, 0.05) is 16.3 Å². The summed E-state index contributed by atoms with van der Waals surface area (Å²) in [7, 11) is 0. The Morgan fingerprint density at radius 1 is 1.06 bits per heavy atom. The number of nitrogens with zero attached hydrogens (tertiary/aromatic N) is 1. The number of aromatic hydroxyl groups is 1. The maximum atomic E-state index is 13.9. The lowest BCUT2D eigenvalue weighted by molar-refractivity contribution is -0.132. The fourth-order valence-corrected chi connectivity index (χ4v) is 4.24. The van der Waals surface area contributed by atoms with E-state index in [4.69, 9.17) is 16.3 Å². The third kappa shape index (κ3) is 4.35. The smallest absolute Gasteiger partial charge is 0.300 e. The van der Waals surface area contributed by atoms with E-state index in [0.29, 0.717) is 16.3 Å². The quantitative estimate of drug-likeness (QED) is 0.264. The number of phenols is 1. The molecule has 1 aliphatic heterocycles. The normalized spacial score (nSPS) is 17.2. The highest BCUT2D eigenvalue weighted by Crippen LogP contribution is 2.44. The minimum atomic E-state index is -1.06. The first-order valence-corrected chi connectivity index (χ1v) is 11.3. The highest BCUT2D eigenvalue weighted by atomic mass is 35.5. The third-order valence-electron chi connectivity index (χ3n) is 5.91. The highest BCUT2D eigenvalue weighted by molar-refractivity contribution is 6.51. The van der Waals surface area contributed by atoms with E-state index in [0.717, 1.165) is 5.56 Å². The Bertz CT molecular complexity index is 1380. The van der Waals surface area contributed by atoms with Gasteiger partial charge in [-0.1, -0.05) is 23.7 Å². The summed E-state index contributed by atoms with van der Waals surface area (Å²) in [4.78, 5) is 27.8. The van der Waals surface area contributed by atoms with Crippen molar-refractivity contribution >= 4 is 34.7 Å². The first kappa shape index (κ1) is 24.3. The van der Waals surface area contributed by atoms with Crippen LogP contribution in [0, 0.1) is 19.7 Å². The van der Waals surface area contributed by atoms with Gasteiger partial charge < -0.3 is 14.9 Å². The van der Waals surface area contributed by atoms with Crippen LogP contribution in [0.4, 0.5) is 10.1 Å². The van der Waals surface area contributed by atoms with Gasteiger partial charge in [0.05, 0.1) is 18.2 Å². The molecule has 1 heterocycles. The molecule has 0 aliphatic carbocycles. The van der Waals surface area contributed by atoms with Gasteiger partial charge in [0.25, 0.3) is 11.7 Å². The van der Waals surface area contributed by atoms with Gasteiger partial charge in [0.1, 0.15) is 11.6 Å². The largest absolute Gasteiger partial charge is 0.507 e. The van der Waals surface area contributed by atoms with Gasteiger partial charge in [0.2, 0.25) is 0 Å². The van der Waals surface area contributed by atoms with Crippen molar-refractivity contribution in [2.75, 3.05) is 11.5 Å². The molecule has 1 amide bonds. The summed E-state index contributed by atoms with van der Waals surface area (Å²) in [5.41, 5.74) is 1.85. The zero-order valence-electron chi connectivity index (χ0n) is 19.3. The Hall–Kier alpha value is -3.84. The summed E-state index contributed by atoms with van der Waals surface area (Å²) in [6.45, 7) is 5.37. The number of hydrogen-bond donors (Lipinski definition) is 2. The number of aliphatic hydroxyl groups is 1. The molecule has 180 valence electrons. The molecule has 3 aromatic rings. The molecule has 1 fully saturated rings. The molecule has 6 nitrogen and oxygen atoms in total. The number of rotatable bonds is 5. The second-order valence-electron chi connectivity index (χ2n) is 8.23. The topological polar surface area (TPSA) is 87.1 Å². The molecule has 1 unspecified atom stereocenters. The van der Waals surface area contributed by atoms with Crippen molar-refractivity contribution < 1.29 is 28.9 Å². The number of carbonyl (C=O) groups excluding carboxylic acids is 2. The van der Waals surface area contributed by atoms with E-state index in [1.807, 2.05) is 6.92 Å². The van der Waals surface area contributed by atoms with Gasteiger partial charge >= 0.3 is 0 Å². The van der Waals surface area contributed by atoms with Crippen LogP contribution in [0.1, 0.15) is 35.2 Å². The van der Waals surface area contributed by atoms with Gasteiger partial charge in [-0.3, -0.25) is 14.5 Å². The van der Waals surface area contributed by atoms with Crippen LogP contribution >= 0.6 is 11.6 Å². The number of carbonyl (C=O) groups is 2. The summed E-state index contributed by atoms with van der Waals surface area (Å²) in [6.07, 6.45) is 0. The molecular weight excluding hydrogens is 473 g/mol. The fourth-order valence-electron chi connectivity index (χ4n) is 4.07. The maximum Gasteiger partial charge on any atom is 0.300 e. The number of ether oxygens (including phenoxy) is 1. The monoisotopic (exact) mass is 495 g/mol. The van der Waals surface area contributed by atoms with Crippen molar-refractivity contribution in [3.63, 3.8) is 0 Å². The molecule has 0 bridgehead atoms. The number of hydrogen-bond acceptors (Lipinski definition) is 5. The SMILES string of the molecule is CCOc1cc(C2/C(=C(\O)c3ccc(F)c(C)c3)C(=O)C(=O)N2c2ccc(C)c(Cl)c2)ccc1O. The van der Waals surface area contributed by atoms with Gasteiger partial charge in [-0.05, 0) is 79.9 Å². The Labute approximate surface area is 206 Å². The molecule has 0 aromatic heterocycles. The minimum absolute atomic E-state index is 0.111. The zero-order valence-corrected chi connectivity index (χ0v) is 20.1. The second-order valence-corrected chi connectivity index (χ2v) is 8.63. The summed E-state index contributed by atoms with van der Waals surface area (Å²) in [6, 6.07) is 12.3. The van der Waals surface area contributed by atoms with Crippen molar-refractivity contribution in [2.45, 2.75) is 26.8 Å². The molecule has 0 radical (unpaired) electrons. The summed E-state index contributed by atoms with van der Waals surface area (Å²) in [5.74, 6) is -2.62. The molecule has 4 rings (SSSR count). The predicted molar refractivity (Wildman–Crippen MR) is 131 cm³/mol. The number of aliphatic hydroxyl groups excluding tert-OH is 1. The number of Topliss-reactive ketones (excluding diaryl/α,β-unsaturated/α-hetero) is 1. The summed E-state index contributed by atoms with van der Waals surface area (Å²) in [5, 5.41) is 21.8. The fraction of sp³-hybridized carbons (Fsp3) is 0.185. The van der Waals surface area contributed by atoms with Gasteiger partial charge in [0.15, 0.2) is 11.5 Å². The van der Waals surface area contributed by atoms with Crippen molar-refractivity contribution in [3.8, 4) is 11.5 Å². The molecule has 3 aromatic carbocycles. The third-order valence-corrected chi connectivity index (χ3v) is 6.32.